The largest absolute Gasteiger partial charge is 0.481 e. The van der Waals surface area contributed by atoms with Crippen molar-refractivity contribution in [3.63, 3.8) is 0 Å². The number of benzene rings is 2. The normalized spacial score (nSPS) is 15.3. The Labute approximate surface area is 168 Å². The van der Waals surface area contributed by atoms with Crippen LogP contribution in [-0.2, 0) is 4.79 Å². The van der Waals surface area contributed by atoms with E-state index in [2.05, 4.69) is 0 Å². The topological polar surface area (TPSA) is 49.9 Å². The molecule has 2 aromatic carbocycles. The van der Waals surface area contributed by atoms with Crippen LogP contribution >= 0.6 is 11.6 Å². The Balaban J connectivity index is 1.56. The summed E-state index contributed by atoms with van der Waals surface area (Å²) in [5.74, 6) is -0.238. The van der Waals surface area contributed by atoms with Gasteiger partial charge in [-0.25, -0.2) is 4.39 Å². The van der Waals surface area contributed by atoms with Crippen LogP contribution in [-0.4, -0.2) is 53.9 Å². The van der Waals surface area contributed by atoms with E-state index in [9.17, 15) is 14.0 Å². The molecule has 1 aliphatic heterocycles. The minimum Gasteiger partial charge on any atom is -0.481 e. The molecule has 2 aromatic rings. The molecule has 0 N–H and O–H groups in total. The second kappa shape index (κ2) is 8.61. The summed E-state index contributed by atoms with van der Waals surface area (Å²) in [5, 5.41) is 0.539. The van der Waals surface area contributed by atoms with Crippen molar-refractivity contribution in [2.75, 3.05) is 26.2 Å². The number of nitrogens with zero attached hydrogens (tertiary/aromatic N) is 2. The highest BCUT2D eigenvalue weighted by atomic mass is 35.5. The summed E-state index contributed by atoms with van der Waals surface area (Å²) in [6.45, 7) is 4.94. The van der Waals surface area contributed by atoms with Crippen molar-refractivity contribution in [2.24, 2.45) is 0 Å². The number of hydrogen-bond donors (Lipinski definition) is 0. The van der Waals surface area contributed by atoms with E-state index in [1.807, 2.05) is 0 Å². The predicted octanol–water partition coefficient (Wildman–Crippen LogP) is 3.54. The van der Waals surface area contributed by atoms with Gasteiger partial charge in [0.15, 0.2) is 6.10 Å². The summed E-state index contributed by atoms with van der Waals surface area (Å²) in [7, 11) is 0. The van der Waals surface area contributed by atoms with Gasteiger partial charge in [0.25, 0.3) is 11.8 Å². The Morgan fingerprint density at radius 2 is 1.75 bits per heavy atom. The molecule has 0 aliphatic carbocycles. The molecule has 0 bridgehead atoms. The SMILES string of the molecule is Cc1ccc(C(=O)N2CCN(C(=O)C(C)Oc3cccc(Cl)c3)CC2)cc1F. The van der Waals surface area contributed by atoms with E-state index in [1.54, 1.807) is 60.0 Å². The van der Waals surface area contributed by atoms with Gasteiger partial charge < -0.3 is 14.5 Å². The molecular weight excluding hydrogens is 383 g/mol. The van der Waals surface area contributed by atoms with E-state index < -0.39 is 11.9 Å². The summed E-state index contributed by atoms with van der Waals surface area (Å²) in [6.07, 6.45) is -0.660. The second-order valence-electron chi connectivity index (χ2n) is 6.80. The Morgan fingerprint density at radius 3 is 2.39 bits per heavy atom. The Morgan fingerprint density at radius 1 is 1.07 bits per heavy atom. The number of aryl methyl sites for hydroxylation is 1. The first-order chi connectivity index (χ1) is 13.3. The van der Waals surface area contributed by atoms with Gasteiger partial charge in [0.2, 0.25) is 0 Å². The third-order valence-electron chi connectivity index (χ3n) is 4.75. The monoisotopic (exact) mass is 404 g/mol. The molecule has 1 saturated heterocycles. The molecule has 28 heavy (non-hydrogen) atoms. The molecular formula is C21H22ClFN2O3. The van der Waals surface area contributed by atoms with Crippen molar-refractivity contribution in [2.45, 2.75) is 20.0 Å². The van der Waals surface area contributed by atoms with Crippen LogP contribution in [0.25, 0.3) is 0 Å². The summed E-state index contributed by atoms with van der Waals surface area (Å²) in [4.78, 5) is 28.5. The van der Waals surface area contributed by atoms with E-state index in [0.29, 0.717) is 48.1 Å². The fourth-order valence-corrected chi connectivity index (χ4v) is 3.27. The molecule has 2 amide bonds. The fourth-order valence-electron chi connectivity index (χ4n) is 3.09. The molecule has 1 atom stereocenters. The number of hydrogen-bond acceptors (Lipinski definition) is 3. The van der Waals surface area contributed by atoms with Gasteiger partial charge in [-0.15, -0.1) is 0 Å². The molecule has 5 nitrogen and oxygen atoms in total. The standard InChI is InChI=1S/C21H22ClFN2O3/c1-14-6-7-16(12-19(14)23)21(27)25-10-8-24(9-11-25)20(26)15(2)28-18-5-3-4-17(22)13-18/h3-7,12-13,15H,8-11H2,1-2H3. The zero-order valence-corrected chi connectivity index (χ0v) is 16.6. The van der Waals surface area contributed by atoms with Crippen LogP contribution in [0, 0.1) is 12.7 Å². The number of amides is 2. The van der Waals surface area contributed by atoms with Gasteiger partial charge in [0.1, 0.15) is 11.6 Å². The maximum absolute atomic E-state index is 13.7. The van der Waals surface area contributed by atoms with Crippen LogP contribution in [0.15, 0.2) is 42.5 Å². The van der Waals surface area contributed by atoms with Crippen molar-refractivity contribution in [3.05, 3.63) is 64.4 Å². The predicted molar refractivity (Wildman–Crippen MR) is 105 cm³/mol. The summed E-state index contributed by atoms with van der Waals surface area (Å²) in [6, 6.07) is 11.4. The Bertz CT molecular complexity index is 882. The van der Waals surface area contributed by atoms with E-state index >= 15 is 0 Å². The quantitative estimate of drug-likeness (QED) is 0.783. The summed E-state index contributed by atoms with van der Waals surface area (Å²) >= 11 is 5.93. The molecule has 1 fully saturated rings. The van der Waals surface area contributed by atoms with Gasteiger partial charge in [-0.2, -0.15) is 0 Å². The average molecular weight is 405 g/mol. The molecule has 0 saturated carbocycles. The van der Waals surface area contributed by atoms with E-state index in [0.717, 1.165) is 0 Å². The van der Waals surface area contributed by atoms with Crippen LogP contribution in [0.4, 0.5) is 4.39 Å². The van der Waals surface area contributed by atoms with E-state index in [-0.39, 0.29) is 11.8 Å². The third kappa shape index (κ3) is 4.62. The highest BCUT2D eigenvalue weighted by Gasteiger charge is 2.28. The minimum absolute atomic E-state index is 0.145. The number of ether oxygens (including phenoxy) is 1. The summed E-state index contributed by atoms with van der Waals surface area (Å²) < 4.78 is 19.4. The zero-order valence-electron chi connectivity index (χ0n) is 15.8. The van der Waals surface area contributed by atoms with Crippen molar-refractivity contribution in [1.29, 1.82) is 0 Å². The lowest BCUT2D eigenvalue weighted by Gasteiger charge is -2.36. The van der Waals surface area contributed by atoms with Crippen molar-refractivity contribution >= 4 is 23.4 Å². The number of carbonyl (C=O) groups is 2. The third-order valence-corrected chi connectivity index (χ3v) is 4.99. The molecule has 3 rings (SSSR count). The van der Waals surface area contributed by atoms with Crippen molar-refractivity contribution in [3.8, 4) is 5.75 Å². The van der Waals surface area contributed by atoms with Crippen LogP contribution in [0.5, 0.6) is 5.75 Å². The maximum Gasteiger partial charge on any atom is 0.263 e. The lowest BCUT2D eigenvalue weighted by Crippen LogP contribution is -2.53. The number of carbonyl (C=O) groups excluding carboxylic acids is 2. The van der Waals surface area contributed by atoms with Crippen LogP contribution in [0.3, 0.4) is 0 Å². The first kappa shape index (κ1) is 20.1. The van der Waals surface area contributed by atoms with Gasteiger partial charge >= 0.3 is 0 Å². The van der Waals surface area contributed by atoms with E-state index in [1.165, 1.54) is 6.07 Å². The minimum atomic E-state index is -0.660. The highest BCUT2D eigenvalue weighted by Crippen LogP contribution is 2.19. The molecule has 1 unspecified atom stereocenters. The molecule has 1 aliphatic rings. The van der Waals surface area contributed by atoms with Gasteiger partial charge in [-0.3, -0.25) is 9.59 Å². The molecule has 0 spiro atoms. The number of piperazine rings is 1. The molecule has 148 valence electrons. The zero-order chi connectivity index (χ0) is 20.3. The number of rotatable bonds is 4. The smallest absolute Gasteiger partial charge is 0.263 e. The van der Waals surface area contributed by atoms with E-state index in [4.69, 9.17) is 16.3 Å². The highest BCUT2D eigenvalue weighted by molar-refractivity contribution is 6.30. The number of halogens is 2. The maximum atomic E-state index is 13.7. The lowest BCUT2D eigenvalue weighted by atomic mass is 10.1. The molecule has 0 radical (unpaired) electrons. The van der Waals surface area contributed by atoms with Crippen LogP contribution in [0.2, 0.25) is 5.02 Å². The average Bonchev–Trinajstić information content (AvgIpc) is 2.69. The first-order valence-corrected chi connectivity index (χ1v) is 9.49. The molecule has 0 aromatic heterocycles. The Hall–Kier alpha value is -2.60. The Kier molecular flexibility index (Phi) is 6.19. The molecule has 7 heteroatoms. The van der Waals surface area contributed by atoms with Gasteiger partial charge in [0.05, 0.1) is 0 Å². The van der Waals surface area contributed by atoms with Gasteiger partial charge in [-0.1, -0.05) is 23.7 Å². The van der Waals surface area contributed by atoms with Crippen molar-refractivity contribution in [1.82, 2.24) is 9.80 Å². The second-order valence-corrected chi connectivity index (χ2v) is 7.24. The first-order valence-electron chi connectivity index (χ1n) is 9.11. The lowest BCUT2D eigenvalue weighted by molar-refractivity contribution is -0.139. The molecule has 1 heterocycles. The van der Waals surface area contributed by atoms with Crippen LogP contribution in [0.1, 0.15) is 22.8 Å². The van der Waals surface area contributed by atoms with Crippen LogP contribution < -0.4 is 4.74 Å². The van der Waals surface area contributed by atoms with Gasteiger partial charge in [0, 0.05) is 36.8 Å². The summed E-state index contributed by atoms with van der Waals surface area (Å²) in [5.41, 5.74) is 0.821. The van der Waals surface area contributed by atoms with Crippen molar-refractivity contribution < 1.29 is 18.7 Å². The van der Waals surface area contributed by atoms with Gasteiger partial charge in [-0.05, 0) is 49.7 Å². The fraction of sp³-hybridized carbons (Fsp3) is 0.333.